The maximum atomic E-state index is 13.0. The van der Waals surface area contributed by atoms with Crippen molar-refractivity contribution in [1.29, 1.82) is 0 Å². The van der Waals surface area contributed by atoms with E-state index in [1.54, 1.807) is 17.8 Å². The molecule has 1 aromatic carbocycles. The van der Waals surface area contributed by atoms with Crippen LogP contribution in [0, 0.1) is 5.82 Å². The molecule has 1 aromatic rings. The van der Waals surface area contributed by atoms with E-state index in [2.05, 4.69) is 0 Å². The lowest BCUT2D eigenvalue weighted by atomic mass is 10.2. The number of hydrogen-bond donors (Lipinski definition) is 0. The molecule has 0 radical (unpaired) electrons. The van der Waals surface area contributed by atoms with Crippen molar-refractivity contribution in [3.63, 3.8) is 0 Å². The van der Waals surface area contributed by atoms with E-state index >= 15 is 0 Å². The van der Waals surface area contributed by atoms with Gasteiger partial charge < -0.3 is 0 Å². The van der Waals surface area contributed by atoms with Gasteiger partial charge in [-0.3, -0.25) is 4.79 Å². The molecule has 0 spiro atoms. The molecule has 0 amide bonds. The molecule has 0 saturated carbocycles. The van der Waals surface area contributed by atoms with Crippen LogP contribution in [0.5, 0.6) is 0 Å². The summed E-state index contributed by atoms with van der Waals surface area (Å²) in [7, 11) is 0. The van der Waals surface area contributed by atoms with Crippen molar-refractivity contribution in [3.8, 4) is 0 Å². The van der Waals surface area contributed by atoms with Gasteiger partial charge in [0.2, 0.25) is 0 Å². The Morgan fingerprint density at radius 1 is 1.29 bits per heavy atom. The highest BCUT2D eigenvalue weighted by Gasteiger charge is 2.13. The molecule has 0 atom stereocenters. The van der Waals surface area contributed by atoms with Crippen LogP contribution in [0.4, 0.5) is 4.39 Å². The summed E-state index contributed by atoms with van der Waals surface area (Å²) in [6.45, 7) is 6.13. The smallest absolute Gasteiger partial charge is 0.150 e. The third-order valence-electron chi connectivity index (χ3n) is 1.45. The lowest BCUT2D eigenvalue weighted by Gasteiger charge is -2.17. The third-order valence-corrected chi connectivity index (χ3v) is 2.54. The maximum absolute atomic E-state index is 13.0. The minimum atomic E-state index is -0.360. The van der Waals surface area contributed by atoms with Crippen molar-refractivity contribution in [1.82, 2.24) is 0 Å². The van der Waals surface area contributed by atoms with Gasteiger partial charge in [-0.05, 0) is 18.2 Å². The number of carbonyl (C=O) groups excluding carboxylic acids is 1. The molecule has 0 heterocycles. The van der Waals surface area contributed by atoms with Crippen LogP contribution in [0.2, 0.25) is 0 Å². The molecule has 0 saturated heterocycles. The molecule has 14 heavy (non-hydrogen) atoms. The first-order valence-electron chi connectivity index (χ1n) is 4.35. The zero-order valence-corrected chi connectivity index (χ0v) is 9.32. The minimum Gasteiger partial charge on any atom is -0.298 e. The molecular weight excluding hydrogens is 199 g/mol. The fourth-order valence-electron chi connectivity index (χ4n) is 1.06. The normalized spacial score (nSPS) is 11.4. The average molecular weight is 212 g/mol. The summed E-state index contributed by atoms with van der Waals surface area (Å²) in [5.74, 6) is -0.360. The van der Waals surface area contributed by atoms with Crippen molar-refractivity contribution >= 4 is 18.0 Å². The Morgan fingerprint density at radius 3 is 2.43 bits per heavy atom. The quantitative estimate of drug-likeness (QED) is 0.551. The van der Waals surface area contributed by atoms with Crippen molar-refractivity contribution < 1.29 is 9.18 Å². The van der Waals surface area contributed by atoms with Gasteiger partial charge in [0.1, 0.15) is 12.1 Å². The molecule has 0 aliphatic rings. The second-order valence-electron chi connectivity index (χ2n) is 4.05. The van der Waals surface area contributed by atoms with Gasteiger partial charge in [-0.1, -0.05) is 20.8 Å². The van der Waals surface area contributed by atoms with E-state index < -0.39 is 0 Å². The number of halogens is 1. The summed E-state index contributed by atoms with van der Waals surface area (Å²) in [4.78, 5) is 11.3. The second kappa shape index (κ2) is 4.13. The molecule has 76 valence electrons. The van der Waals surface area contributed by atoms with Crippen LogP contribution in [0.15, 0.2) is 23.1 Å². The molecule has 0 aromatic heterocycles. The number of rotatable bonds is 2. The van der Waals surface area contributed by atoms with E-state index in [-0.39, 0.29) is 10.6 Å². The Kier molecular flexibility index (Phi) is 3.32. The van der Waals surface area contributed by atoms with Crippen molar-refractivity contribution in [3.05, 3.63) is 29.6 Å². The molecule has 0 N–H and O–H groups in total. The lowest BCUT2D eigenvalue weighted by molar-refractivity contribution is 0.112. The number of benzene rings is 1. The van der Waals surface area contributed by atoms with Gasteiger partial charge in [-0.25, -0.2) is 4.39 Å². The van der Waals surface area contributed by atoms with Crippen molar-refractivity contribution in [2.24, 2.45) is 0 Å². The van der Waals surface area contributed by atoms with Crippen LogP contribution in [0.1, 0.15) is 31.1 Å². The van der Waals surface area contributed by atoms with Gasteiger partial charge in [0.25, 0.3) is 0 Å². The van der Waals surface area contributed by atoms with Crippen LogP contribution in [0.3, 0.4) is 0 Å². The number of carbonyl (C=O) groups is 1. The first-order chi connectivity index (χ1) is 6.40. The van der Waals surface area contributed by atoms with E-state index in [9.17, 15) is 9.18 Å². The summed E-state index contributed by atoms with van der Waals surface area (Å²) in [5.41, 5.74) is 0.386. The van der Waals surface area contributed by atoms with E-state index in [1.165, 1.54) is 12.1 Å². The molecule has 0 unspecified atom stereocenters. The standard InChI is InChI=1S/C11H13FOS/c1-11(2,3)14-10-5-8(7-13)4-9(12)6-10/h4-7H,1-3H3. The molecule has 0 bridgehead atoms. The van der Waals surface area contributed by atoms with Gasteiger partial charge in [0, 0.05) is 15.2 Å². The van der Waals surface area contributed by atoms with E-state index in [0.29, 0.717) is 11.8 Å². The fourth-order valence-corrected chi connectivity index (χ4v) is 2.14. The Hall–Kier alpha value is -0.830. The van der Waals surface area contributed by atoms with Gasteiger partial charge in [-0.2, -0.15) is 0 Å². The highest BCUT2D eigenvalue weighted by Crippen LogP contribution is 2.32. The van der Waals surface area contributed by atoms with Crippen LogP contribution in [0.25, 0.3) is 0 Å². The first kappa shape index (κ1) is 11.2. The summed E-state index contributed by atoms with van der Waals surface area (Å²) in [6, 6.07) is 4.38. The second-order valence-corrected chi connectivity index (χ2v) is 5.95. The molecule has 0 fully saturated rings. The third kappa shape index (κ3) is 3.50. The summed E-state index contributed by atoms with van der Waals surface area (Å²) in [6.07, 6.45) is 0.663. The zero-order valence-electron chi connectivity index (χ0n) is 8.50. The van der Waals surface area contributed by atoms with Gasteiger partial charge in [0.05, 0.1) is 0 Å². The molecule has 3 heteroatoms. The highest BCUT2D eigenvalue weighted by molar-refractivity contribution is 8.00. The number of hydrogen-bond acceptors (Lipinski definition) is 2. The van der Waals surface area contributed by atoms with Gasteiger partial charge >= 0.3 is 0 Å². The average Bonchev–Trinajstić information content (AvgIpc) is 1.99. The van der Waals surface area contributed by atoms with E-state index in [0.717, 1.165) is 4.90 Å². The predicted octanol–water partition coefficient (Wildman–Crippen LogP) is 3.53. The van der Waals surface area contributed by atoms with Gasteiger partial charge in [0.15, 0.2) is 0 Å². The van der Waals surface area contributed by atoms with Crippen LogP contribution in [-0.2, 0) is 0 Å². The number of aldehydes is 1. The van der Waals surface area contributed by atoms with Gasteiger partial charge in [-0.15, -0.1) is 11.8 Å². The Labute approximate surface area is 87.7 Å². The monoisotopic (exact) mass is 212 g/mol. The first-order valence-corrected chi connectivity index (χ1v) is 5.17. The maximum Gasteiger partial charge on any atom is 0.150 e. The summed E-state index contributed by atoms with van der Waals surface area (Å²) in [5, 5.41) is 0. The minimum absolute atomic E-state index is 0.0218. The molecular formula is C11H13FOS. The Morgan fingerprint density at radius 2 is 1.93 bits per heavy atom. The summed E-state index contributed by atoms with van der Waals surface area (Å²) < 4.78 is 13.0. The van der Waals surface area contributed by atoms with E-state index in [1.807, 2.05) is 20.8 Å². The Bertz CT molecular complexity index is 342. The molecule has 1 nitrogen and oxygen atoms in total. The highest BCUT2D eigenvalue weighted by atomic mass is 32.2. The zero-order chi connectivity index (χ0) is 10.8. The van der Waals surface area contributed by atoms with Crippen molar-refractivity contribution in [2.75, 3.05) is 0 Å². The largest absolute Gasteiger partial charge is 0.298 e. The fraction of sp³-hybridized carbons (Fsp3) is 0.364. The Balaban J connectivity index is 2.98. The topological polar surface area (TPSA) is 17.1 Å². The van der Waals surface area contributed by atoms with E-state index in [4.69, 9.17) is 0 Å². The van der Waals surface area contributed by atoms with Crippen molar-refractivity contribution in [2.45, 2.75) is 30.4 Å². The molecule has 0 aliphatic carbocycles. The van der Waals surface area contributed by atoms with Crippen LogP contribution < -0.4 is 0 Å². The van der Waals surface area contributed by atoms with Crippen LogP contribution in [-0.4, -0.2) is 11.0 Å². The summed E-state index contributed by atoms with van der Waals surface area (Å²) >= 11 is 1.55. The lowest BCUT2D eigenvalue weighted by Crippen LogP contribution is -2.06. The number of thioether (sulfide) groups is 1. The van der Waals surface area contributed by atoms with Crippen LogP contribution >= 0.6 is 11.8 Å². The predicted molar refractivity (Wildman–Crippen MR) is 57.4 cm³/mol. The molecule has 0 aliphatic heterocycles. The SMILES string of the molecule is CC(C)(C)Sc1cc(F)cc(C=O)c1. The molecule has 1 rings (SSSR count).